The number of phenols is 1. The lowest BCUT2D eigenvalue weighted by Gasteiger charge is -2.21. The molecule has 1 N–H and O–H groups in total. The highest BCUT2D eigenvalue weighted by atomic mass is 16.5. The first kappa shape index (κ1) is 20.5. The van der Waals surface area contributed by atoms with Crippen molar-refractivity contribution in [3.63, 3.8) is 0 Å². The number of carbonyl (C=O) groups excluding carboxylic acids is 1. The van der Waals surface area contributed by atoms with Crippen LogP contribution in [0.15, 0.2) is 77.9 Å². The fraction of sp³-hybridized carbons (Fsp3) is 0.200. The highest BCUT2D eigenvalue weighted by molar-refractivity contribution is 6.03. The van der Waals surface area contributed by atoms with E-state index in [4.69, 9.17) is 9.47 Å². The summed E-state index contributed by atoms with van der Waals surface area (Å²) in [6.07, 6.45) is 0.567. The Balaban J connectivity index is 1.56. The molecule has 158 valence electrons. The first-order valence-corrected chi connectivity index (χ1v) is 10.1. The zero-order valence-corrected chi connectivity index (χ0v) is 17.5. The van der Waals surface area contributed by atoms with Crippen molar-refractivity contribution in [3.8, 4) is 17.2 Å². The Morgan fingerprint density at radius 3 is 2.48 bits per heavy atom. The lowest BCUT2D eigenvalue weighted by molar-refractivity contribution is -0.130. The van der Waals surface area contributed by atoms with Crippen molar-refractivity contribution in [1.82, 2.24) is 5.01 Å². The monoisotopic (exact) mass is 416 g/mol. The smallest absolute Gasteiger partial charge is 0.240 e. The molecule has 0 bridgehead atoms. The topological polar surface area (TPSA) is 71.4 Å². The van der Waals surface area contributed by atoms with Crippen LogP contribution in [-0.2, 0) is 11.4 Å². The summed E-state index contributed by atoms with van der Waals surface area (Å²) in [5.74, 6) is 1.30. The molecular weight excluding hydrogens is 392 g/mol. The second-order valence-electron chi connectivity index (χ2n) is 7.36. The van der Waals surface area contributed by atoms with Gasteiger partial charge in [0.15, 0.2) is 11.5 Å². The zero-order valence-electron chi connectivity index (χ0n) is 17.5. The largest absolute Gasteiger partial charge is 0.508 e. The van der Waals surface area contributed by atoms with Crippen molar-refractivity contribution in [1.29, 1.82) is 0 Å². The summed E-state index contributed by atoms with van der Waals surface area (Å²) in [7, 11) is 1.60. The molecule has 3 aromatic rings. The van der Waals surface area contributed by atoms with E-state index >= 15 is 0 Å². The van der Waals surface area contributed by atoms with Crippen molar-refractivity contribution in [2.45, 2.75) is 26.0 Å². The molecule has 1 aliphatic heterocycles. The standard InChI is InChI=1S/C25H24N2O4/c1-17(28)27-23(15-22(26-27)19-8-11-21(29)12-9-19)20-10-13-24(25(14-20)30-2)31-16-18-6-4-3-5-7-18/h3-14,23,29H,15-16H2,1-2H3/t23-/m0/s1. The molecule has 1 heterocycles. The number of hydrazone groups is 1. The number of hydrogen-bond donors (Lipinski definition) is 1. The maximum atomic E-state index is 12.3. The van der Waals surface area contributed by atoms with Crippen LogP contribution in [-0.4, -0.2) is 28.8 Å². The van der Waals surface area contributed by atoms with Gasteiger partial charge in [0.05, 0.1) is 18.9 Å². The summed E-state index contributed by atoms with van der Waals surface area (Å²) in [6, 6.07) is 22.2. The third-order valence-electron chi connectivity index (χ3n) is 5.24. The normalized spacial score (nSPS) is 15.5. The zero-order chi connectivity index (χ0) is 21.8. The molecule has 31 heavy (non-hydrogen) atoms. The first-order chi connectivity index (χ1) is 15.0. The summed E-state index contributed by atoms with van der Waals surface area (Å²) in [4.78, 5) is 12.3. The fourth-order valence-electron chi connectivity index (χ4n) is 3.63. The van der Waals surface area contributed by atoms with Gasteiger partial charge in [0.25, 0.3) is 0 Å². The minimum Gasteiger partial charge on any atom is -0.508 e. The number of ether oxygens (including phenoxy) is 2. The molecule has 3 aromatic carbocycles. The predicted molar refractivity (Wildman–Crippen MR) is 118 cm³/mol. The van der Waals surface area contributed by atoms with Gasteiger partial charge in [-0.25, -0.2) is 5.01 Å². The maximum absolute atomic E-state index is 12.3. The van der Waals surface area contributed by atoms with Gasteiger partial charge in [-0.05, 0) is 53.1 Å². The second kappa shape index (κ2) is 8.92. The molecule has 0 spiro atoms. The quantitative estimate of drug-likeness (QED) is 0.634. The van der Waals surface area contributed by atoms with E-state index in [9.17, 15) is 9.90 Å². The Morgan fingerprint density at radius 1 is 1.06 bits per heavy atom. The molecular formula is C25H24N2O4. The van der Waals surface area contributed by atoms with Crippen molar-refractivity contribution in [3.05, 3.63) is 89.5 Å². The van der Waals surface area contributed by atoms with Crippen LogP contribution in [0.3, 0.4) is 0 Å². The van der Waals surface area contributed by atoms with Gasteiger partial charge < -0.3 is 14.6 Å². The molecule has 0 fully saturated rings. The number of hydrogen-bond acceptors (Lipinski definition) is 5. The van der Waals surface area contributed by atoms with Crippen LogP contribution < -0.4 is 9.47 Å². The molecule has 0 aliphatic carbocycles. The lowest BCUT2D eigenvalue weighted by atomic mass is 9.98. The number of nitrogens with zero attached hydrogens (tertiary/aromatic N) is 2. The van der Waals surface area contributed by atoms with Gasteiger partial charge in [0, 0.05) is 13.3 Å². The van der Waals surface area contributed by atoms with Crippen molar-refractivity contribution in [2.75, 3.05) is 7.11 Å². The predicted octanol–water partition coefficient (Wildman–Crippen LogP) is 4.68. The van der Waals surface area contributed by atoms with E-state index < -0.39 is 0 Å². The third-order valence-corrected chi connectivity index (χ3v) is 5.24. The Bertz CT molecular complexity index is 1090. The molecule has 6 nitrogen and oxygen atoms in total. The number of rotatable bonds is 6. The molecule has 0 unspecified atom stereocenters. The average molecular weight is 416 g/mol. The van der Waals surface area contributed by atoms with Crippen molar-refractivity contribution in [2.24, 2.45) is 5.10 Å². The van der Waals surface area contributed by atoms with Gasteiger partial charge in [0.1, 0.15) is 12.4 Å². The molecule has 0 aromatic heterocycles. The van der Waals surface area contributed by atoms with E-state index in [1.807, 2.05) is 48.5 Å². The fourth-order valence-corrected chi connectivity index (χ4v) is 3.63. The highest BCUT2D eigenvalue weighted by Gasteiger charge is 2.32. The van der Waals surface area contributed by atoms with E-state index in [0.29, 0.717) is 24.5 Å². The number of aromatic hydroxyl groups is 1. The maximum Gasteiger partial charge on any atom is 0.240 e. The van der Waals surface area contributed by atoms with Crippen LogP contribution in [0.5, 0.6) is 17.2 Å². The number of methoxy groups -OCH3 is 1. The Morgan fingerprint density at radius 2 is 1.81 bits per heavy atom. The van der Waals surface area contributed by atoms with Crippen LogP contribution in [0.4, 0.5) is 0 Å². The lowest BCUT2D eigenvalue weighted by Crippen LogP contribution is -2.24. The summed E-state index contributed by atoms with van der Waals surface area (Å²) < 4.78 is 11.5. The van der Waals surface area contributed by atoms with Crippen LogP contribution in [0.25, 0.3) is 0 Å². The van der Waals surface area contributed by atoms with Gasteiger partial charge >= 0.3 is 0 Å². The first-order valence-electron chi connectivity index (χ1n) is 10.1. The molecule has 4 rings (SSSR count). The minimum atomic E-state index is -0.238. The average Bonchev–Trinajstić information content (AvgIpc) is 3.24. The van der Waals surface area contributed by atoms with Gasteiger partial charge in [-0.3, -0.25) is 4.79 Å². The minimum absolute atomic E-state index is 0.137. The van der Waals surface area contributed by atoms with Crippen molar-refractivity contribution < 1.29 is 19.4 Å². The number of amides is 1. The number of benzene rings is 3. The van der Waals surface area contributed by atoms with E-state index in [2.05, 4.69) is 5.10 Å². The van der Waals surface area contributed by atoms with Crippen LogP contribution in [0.1, 0.15) is 36.1 Å². The molecule has 0 radical (unpaired) electrons. The van der Waals surface area contributed by atoms with E-state index in [1.54, 1.807) is 31.4 Å². The number of phenolic OH excluding ortho intramolecular Hbond substituents is 1. The Kier molecular flexibility index (Phi) is 5.89. The molecule has 0 saturated heterocycles. The molecule has 1 aliphatic rings. The van der Waals surface area contributed by atoms with Crippen LogP contribution in [0, 0.1) is 0 Å². The summed E-state index contributed by atoms with van der Waals surface area (Å²) in [5, 5.41) is 15.6. The van der Waals surface area contributed by atoms with Crippen molar-refractivity contribution >= 4 is 11.6 Å². The number of carbonyl (C=O) groups is 1. The molecule has 1 amide bonds. The van der Waals surface area contributed by atoms with Crippen LogP contribution in [0.2, 0.25) is 0 Å². The van der Waals surface area contributed by atoms with Gasteiger partial charge in [-0.15, -0.1) is 0 Å². The second-order valence-corrected chi connectivity index (χ2v) is 7.36. The van der Waals surface area contributed by atoms with Crippen LogP contribution >= 0.6 is 0 Å². The summed E-state index contributed by atoms with van der Waals surface area (Å²) in [5.41, 5.74) is 3.65. The van der Waals surface area contributed by atoms with E-state index in [1.165, 1.54) is 11.9 Å². The summed E-state index contributed by atoms with van der Waals surface area (Å²) >= 11 is 0. The Hall–Kier alpha value is -3.80. The SMILES string of the molecule is COc1cc([C@@H]2CC(c3ccc(O)cc3)=NN2C(C)=O)ccc1OCc1ccccc1. The third kappa shape index (κ3) is 4.53. The molecule has 6 heteroatoms. The molecule has 0 saturated carbocycles. The van der Waals surface area contributed by atoms with Gasteiger partial charge in [-0.1, -0.05) is 36.4 Å². The summed E-state index contributed by atoms with van der Waals surface area (Å²) in [6.45, 7) is 1.94. The highest BCUT2D eigenvalue weighted by Crippen LogP contribution is 2.37. The Labute approximate surface area is 181 Å². The van der Waals surface area contributed by atoms with Gasteiger partial charge in [0.2, 0.25) is 5.91 Å². The van der Waals surface area contributed by atoms with E-state index in [0.717, 1.165) is 22.4 Å². The molecule has 1 atom stereocenters. The van der Waals surface area contributed by atoms with Gasteiger partial charge in [-0.2, -0.15) is 5.10 Å². The van der Waals surface area contributed by atoms with E-state index in [-0.39, 0.29) is 17.7 Å².